The number of nitrogens with one attached hydrogen (secondary N) is 1. The lowest BCUT2D eigenvalue weighted by atomic mass is 10.2. The number of hydrogen-bond acceptors (Lipinski definition) is 2. The molecule has 3 aliphatic heterocycles. The fourth-order valence-corrected chi connectivity index (χ4v) is 2.67. The van der Waals surface area contributed by atoms with Crippen LogP contribution in [0.5, 0.6) is 0 Å². The molecule has 13 heavy (non-hydrogen) atoms. The van der Waals surface area contributed by atoms with Gasteiger partial charge in [0, 0.05) is 6.04 Å². The van der Waals surface area contributed by atoms with Crippen molar-refractivity contribution >= 4 is 0 Å². The van der Waals surface area contributed by atoms with Gasteiger partial charge in [-0.15, -0.1) is 0 Å². The summed E-state index contributed by atoms with van der Waals surface area (Å²) in [6, 6.07) is 1.01. The fourth-order valence-electron chi connectivity index (χ4n) is 2.67. The van der Waals surface area contributed by atoms with Gasteiger partial charge >= 0.3 is 0 Å². The summed E-state index contributed by atoms with van der Waals surface area (Å²) in [6.07, 6.45) is 8.68. The third-order valence-electron chi connectivity index (χ3n) is 3.44. The van der Waals surface area contributed by atoms with Gasteiger partial charge in [-0.25, -0.2) is 0 Å². The van der Waals surface area contributed by atoms with Crippen LogP contribution in [-0.4, -0.2) is 37.1 Å². The van der Waals surface area contributed by atoms with E-state index < -0.39 is 0 Å². The van der Waals surface area contributed by atoms with Crippen LogP contribution in [-0.2, 0) is 0 Å². The maximum atomic E-state index is 3.22. The first-order chi connectivity index (χ1) is 6.47. The molecule has 0 bridgehead atoms. The molecule has 2 heteroatoms. The number of nitrogens with zero attached hydrogens (tertiary/aromatic N) is 1. The van der Waals surface area contributed by atoms with Crippen molar-refractivity contribution in [3.8, 4) is 0 Å². The molecule has 0 aromatic carbocycles. The molecule has 0 aliphatic carbocycles. The van der Waals surface area contributed by atoms with Crippen LogP contribution >= 0.6 is 0 Å². The van der Waals surface area contributed by atoms with Crippen LogP contribution in [0.2, 0.25) is 0 Å². The molecule has 1 N–H and O–H groups in total. The van der Waals surface area contributed by atoms with Crippen molar-refractivity contribution in [3.63, 3.8) is 0 Å². The Balaban J connectivity index is 0.000000113. The lowest BCUT2D eigenvalue weighted by molar-refractivity contribution is 0.325. The predicted molar refractivity (Wildman–Crippen MR) is 55.9 cm³/mol. The normalized spacial score (nSPS) is 28.6. The maximum Gasteiger partial charge on any atom is 0.00962 e. The van der Waals surface area contributed by atoms with Gasteiger partial charge in [-0.05, 0) is 64.7 Å². The van der Waals surface area contributed by atoms with E-state index in [2.05, 4.69) is 10.2 Å². The Morgan fingerprint density at radius 2 is 1.46 bits per heavy atom. The van der Waals surface area contributed by atoms with Gasteiger partial charge in [-0.1, -0.05) is 0 Å². The first-order valence-electron chi connectivity index (χ1n) is 5.91. The first-order valence-corrected chi connectivity index (χ1v) is 5.91. The SMILES string of the molecule is C1CC2CCCN2C1.C1CCNC1. The first kappa shape index (κ1) is 9.47. The van der Waals surface area contributed by atoms with Crippen molar-refractivity contribution in [1.29, 1.82) is 0 Å². The molecular weight excluding hydrogens is 160 g/mol. The Kier molecular flexibility index (Phi) is 3.62. The van der Waals surface area contributed by atoms with Crippen LogP contribution in [0.4, 0.5) is 0 Å². The lowest BCUT2D eigenvalue weighted by Gasteiger charge is -2.11. The molecule has 76 valence electrons. The van der Waals surface area contributed by atoms with Crippen molar-refractivity contribution < 1.29 is 0 Å². The Labute approximate surface area is 81.7 Å². The summed E-state index contributed by atoms with van der Waals surface area (Å²) in [7, 11) is 0. The molecule has 0 saturated carbocycles. The zero-order valence-electron chi connectivity index (χ0n) is 8.60. The molecule has 3 rings (SSSR count). The minimum Gasteiger partial charge on any atom is -0.317 e. The summed E-state index contributed by atoms with van der Waals surface area (Å²) in [5.41, 5.74) is 0. The topological polar surface area (TPSA) is 15.3 Å². The van der Waals surface area contributed by atoms with E-state index in [1.54, 1.807) is 0 Å². The van der Waals surface area contributed by atoms with Crippen molar-refractivity contribution in [2.75, 3.05) is 26.2 Å². The Morgan fingerprint density at radius 1 is 0.846 bits per heavy atom. The lowest BCUT2D eigenvalue weighted by Crippen LogP contribution is -2.21. The fraction of sp³-hybridized carbons (Fsp3) is 1.00. The predicted octanol–water partition coefficient (Wildman–Crippen LogP) is 1.61. The minimum atomic E-state index is 1.01. The van der Waals surface area contributed by atoms with E-state index in [9.17, 15) is 0 Å². The van der Waals surface area contributed by atoms with Gasteiger partial charge in [0.05, 0.1) is 0 Å². The molecule has 2 nitrogen and oxygen atoms in total. The average Bonchev–Trinajstić information content (AvgIpc) is 2.84. The molecule has 0 aromatic rings. The molecule has 3 heterocycles. The number of fused-ring (bicyclic) bond motifs is 1. The van der Waals surface area contributed by atoms with Crippen molar-refractivity contribution in [2.45, 2.75) is 44.6 Å². The molecule has 0 aromatic heterocycles. The summed E-state index contributed by atoms with van der Waals surface area (Å²) in [5, 5.41) is 3.22. The molecule has 0 atom stereocenters. The Bertz CT molecular complexity index is 115. The third-order valence-corrected chi connectivity index (χ3v) is 3.44. The molecule has 0 radical (unpaired) electrons. The molecule has 3 saturated heterocycles. The number of rotatable bonds is 0. The molecule has 0 unspecified atom stereocenters. The number of hydrogen-bond donors (Lipinski definition) is 1. The summed E-state index contributed by atoms with van der Waals surface area (Å²) >= 11 is 0. The highest BCUT2D eigenvalue weighted by Crippen LogP contribution is 2.26. The van der Waals surface area contributed by atoms with Crippen LogP contribution < -0.4 is 5.32 Å². The van der Waals surface area contributed by atoms with E-state index in [0.29, 0.717) is 0 Å². The quantitative estimate of drug-likeness (QED) is 0.612. The molecular formula is C11H22N2. The van der Waals surface area contributed by atoms with E-state index >= 15 is 0 Å². The van der Waals surface area contributed by atoms with Crippen LogP contribution in [0.1, 0.15) is 38.5 Å². The minimum absolute atomic E-state index is 1.01. The highest BCUT2D eigenvalue weighted by atomic mass is 15.2. The van der Waals surface area contributed by atoms with E-state index in [1.807, 2.05) is 0 Å². The molecule has 3 fully saturated rings. The third kappa shape index (κ3) is 2.68. The highest BCUT2D eigenvalue weighted by molar-refractivity contribution is 4.84. The van der Waals surface area contributed by atoms with E-state index in [0.717, 1.165) is 6.04 Å². The van der Waals surface area contributed by atoms with Gasteiger partial charge < -0.3 is 10.2 Å². The summed E-state index contributed by atoms with van der Waals surface area (Å²) in [5.74, 6) is 0. The van der Waals surface area contributed by atoms with E-state index in [4.69, 9.17) is 0 Å². The average molecular weight is 182 g/mol. The van der Waals surface area contributed by atoms with Gasteiger partial charge in [0.25, 0.3) is 0 Å². The Hall–Kier alpha value is -0.0800. The maximum absolute atomic E-state index is 3.22. The second-order valence-corrected chi connectivity index (χ2v) is 4.43. The monoisotopic (exact) mass is 182 g/mol. The highest BCUT2D eigenvalue weighted by Gasteiger charge is 2.27. The second kappa shape index (κ2) is 4.97. The summed E-state index contributed by atoms with van der Waals surface area (Å²) in [6.45, 7) is 5.29. The summed E-state index contributed by atoms with van der Waals surface area (Å²) in [4.78, 5) is 2.64. The second-order valence-electron chi connectivity index (χ2n) is 4.43. The molecule has 3 aliphatic rings. The van der Waals surface area contributed by atoms with Gasteiger partial charge in [0.2, 0.25) is 0 Å². The zero-order valence-corrected chi connectivity index (χ0v) is 8.60. The van der Waals surface area contributed by atoms with Crippen LogP contribution in [0.15, 0.2) is 0 Å². The van der Waals surface area contributed by atoms with E-state index in [1.165, 1.54) is 64.7 Å². The largest absolute Gasteiger partial charge is 0.317 e. The van der Waals surface area contributed by atoms with E-state index in [-0.39, 0.29) is 0 Å². The Morgan fingerprint density at radius 3 is 1.85 bits per heavy atom. The van der Waals surface area contributed by atoms with Crippen molar-refractivity contribution in [2.24, 2.45) is 0 Å². The zero-order chi connectivity index (χ0) is 8.93. The summed E-state index contributed by atoms with van der Waals surface area (Å²) < 4.78 is 0. The van der Waals surface area contributed by atoms with Crippen LogP contribution in [0.25, 0.3) is 0 Å². The standard InChI is InChI=1S/C7H13N.C4H9N/c1-3-7-4-2-6-8(7)5-1;1-2-4-5-3-1/h7H,1-6H2;5H,1-4H2. The molecule has 0 amide bonds. The van der Waals surface area contributed by atoms with Gasteiger partial charge in [-0.2, -0.15) is 0 Å². The van der Waals surface area contributed by atoms with Crippen LogP contribution in [0, 0.1) is 0 Å². The molecule has 0 spiro atoms. The smallest absolute Gasteiger partial charge is 0.00962 e. The van der Waals surface area contributed by atoms with Gasteiger partial charge in [0.1, 0.15) is 0 Å². The van der Waals surface area contributed by atoms with Gasteiger partial charge in [-0.3, -0.25) is 0 Å². The van der Waals surface area contributed by atoms with Crippen LogP contribution in [0.3, 0.4) is 0 Å². The van der Waals surface area contributed by atoms with Gasteiger partial charge in [0.15, 0.2) is 0 Å². The van der Waals surface area contributed by atoms with Crippen molar-refractivity contribution in [1.82, 2.24) is 10.2 Å². The van der Waals surface area contributed by atoms with Crippen molar-refractivity contribution in [3.05, 3.63) is 0 Å².